The highest BCUT2D eigenvalue weighted by molar-refractivity contribution is 4.92. The van der Waals surface area contributed by atoms with Crippen LogP contribution in [0.25, 0.3) is 0 Å². The molecule has 0 bridgehead atoms. The number of alkyl halides is 1. The minimum absolute atomic E-state index is 0.171. The van der Waals surface area contributed by atoms with Crippen LogP contribution in [0.3, 0.4) is 0 Å². The van der Waals surface area contributed by atoms with E-state index in [4.69, 9.17) is 0 Å². The summed E-state index contributed by atoms with van der Waals surface area (Å²) in [7, 11) is 0. The molecule has 0 N–H and O–H groups in total. The summed E-state index contributed by atoms with van der Waals surface area (Å²) in [6, 6.07) is 0. The van der Waals surface area contributed by atoms with Gasteiger partial charge in [-0.1, -0.05) is 18.6 Å². The van der Waals surface area contributed by atoms with Gasteiger partial charge in [0.2, 0.25) is 0 Å². The smallest absolute Gasteiger partial charge is 0.0897 e. The lowest BCUT2D eigenvalue weighted by Crippen LogP contribution is -1.94. The van der Waals surface area contributed by atoms with Gasteiger partial charge in [-0.25, -0.2) is 0 Å². The minimum Gasteiger partial charge on any atom is -0.251 e. The molecule has 0 saturated carbocycles. The molecule has 0 aliphatic rings. The van der Waals surface area contributed by atoms with E-state index in [9.17, 15) is 4.39 Å². The molecule has 1 heteroatoms. The Hall–Kier alpha value is -0.330. The van der Waals surface area contributed by atoms with Gasteiger partial charge in [0, 0.05) is 0 Å². The van der Waals surface area contributed by atoms with Crippen molar-refractivity contribution in [2.45, 2.75) is 40.0 Å². The third-order valence-corrected chi connectivity index (χ3v) is 1.81. The molecule has 11 heavy (non-hydrogen) atoms. The first-order chi connectivity index (χ1) is 5.16. The molecule has 0 aromatic rings. The average molecular weight is 158 g/mol. The molecule has 0 fully saturated rings. The monoisotopic (exact) mass is 158 g/mol. The summed E-state index contributed by atoms with van der Waals surface area (Å²) < 4.78 is 11.8. The minimum atomic E-state index is -0.171. The lowest BCUT2D eigenvalue weighted by atomic mass is 10.0. The van der Waals surface area contributed by atoms with Crippen molar-refractivity contribution < 1.29 is 4.39 Å². The summed E-state index contributed by atoms with van der Waals surface area (Å²) in [6.45, 7) is 6.13. The molecule has 0 aromatic carbocycles. The van der Waals surface area contributed by atoms with Gasteiger partial charge in [0.1, 0.15) is 0 Å². The maximum Gasteiger partial charge on any atom is 0.0897 e. The van der Waals surface area contributed by atoms with Crippen molar-refractivity contribution in [3.8, 4) is 0 Å². The van der Waals surface area contributed by atoms with Crippen molar-refractivity contribution in [1.82, 2.24) is 0 Å². The Kier molecular flexibility index (Phi) is 6.19. The Morgan fingerprint density at radius 2 is 2.00 bits per heavy atom. The highest BCUT2D eigenvalue weighted by Gasteiger charge is 1.98. The second kappa shape index (κ2) is 6.38. The van der Waals surface area contributed by atoms with Crippen molar-refractivity contribution in [2.75, 3.05) is 6.67 Å². The number of hydrogen-bond acceptors (Lipinski definition) is 0. The van der Waals surface area contributed by atoms with Crippen LogP contribution in [0.15, 0.2) is 11.6 Å². The number of allylic oxidation sites excluding steroid dienone is 2. The molecule has 0 aliphatic heterocycles. The van der Waals surface area contributed by atoms with Gasteiger partial charge < -0.3 is 0 Å². The maximum absolute atomic E-state index is 11.8. The van der Waals surface area contributed by atoms with Crippen LogP contribution in [-0.4, -0.2) is 6.67 Å². The van der Waals surface area contributed by atoms with Crippen molar-refractivity contribution in [3.63, 3.8) is 0 Å². The first-order valence-corrected chi connectivity index (χ1v) is 4.36. The van der Waals surface area contributed by atoms with Gasteiger partial charge in [-0.3, -0.25) is 4.39 Å². The Morgan fingerprint density at radius 3 is 2.45 bits per heavy atom. The van der Waals surface area contributed by atoms with E-state index < -0.39 is 0 Å². The third kappa shape index (κ3) is 7.57. The molecule has 0 nitrogen and oxygen atoms in total. The van der Waals surface area contributed by atoms with Gasteiger partial charge >= 0.3 is 0 Å². The summed E-state index contributed by atoms with van der Waals surface area (Å²) >= 11 is 0. The van der Waals surface area contributed by atoms with E-state index in [2.05, 4.69) is 26.8 Å². The quantitative estimate of drug-likeness (QED) is 0.535. The fraction of sp³-hybridized carbons (Fsp3) is 0.800. The van der Waals surface area contributed by atoms with E-state index in [0.717, 1.165) is 19.3 Å². The molecule has 0 aliphatic carbocycles. The van der Waals surface area contributed by atoms with Gasteiger partial charge in [-0.05, 0) is 39.0 Å². The maximum atomic E-state index is 11.8. The third-order valence-electron chi connectivity index (χ3n) is 1.81. The number of halogens is 1. The van der Waals surface area contributed by atoms with E-state index in [1.165, 1.54) is 5.57 Å². The lowest BCUT2D eigenvalue weighted by molar-refractivity contribution is 0.391. The average Bonchev–Trinajstić information content (AvgIpc) is 1.87. The van der Waals surface area contributed by atoms with Crippen LogP contribution >= 0.6 is 0 Å². The molecule has 66 valence electrons. The predicted octanol–water partition coefficient (Wildman–Crippen LogP) is 3.73. The van der Waals surface area contributed by atoms with Gasteiger partial charge in [-0.2, -0.15) is 0 Å². The van der Waals surface area contributed by atoms with Gasteiger partial charge in [0.05, 0.1) is 6.67 Å². The number of rotatable bonds is 5. The fourth-order valence-electron chi connectivity index (χ4n) is 0.987. The fourth-order valence-corrected chi connectivity index (χ4v) is 0.987. The van der Waals surface area contributed by atoms with E-state index in [1.807, 2.05) is 0 Å². The molecular formula is C10H19F. The van der Waals surface area contributed by atoms with Crippen molar-refractivity contribution in [1.29, 1.82) is 0 Å². The SMILES string of the molecule is CC(C)=CCCC(C)CCF. The lowest BCUT2D eigenvalue weighted by Gasteiger charge is -2.05. The standard InChI is InChI=1S/C10H19F/c1-9(2)5-4-6-10(3)7-8-11/h5,10H,4,6-8H2,1-3H3. The van der Waals surface area contributed by atoms with E-state index in [1.54, 1.807) is 0 Å². The molecule has 1 atom stereocenters. The van der Waals surface area contributed by atoms with Crippen LogP contribution in [0.4, 0.5) is 4.39 Å². The van der Waals surface area contributed by atoms with E-state index in [-0.39, 0.29) is 6.67 Å². The van der Waals surface area contributed by atoms with Crippen molar-refractivity contribution >= 4 is 0 Å². The normalized spacial score (nSPS) is 12.7. The van der Waals surface area contributed by atoms with Gasteiger partial charge in [0.15, 0.2) is 0 Å². The molecule has 0 amide bonds. The van der Waals surface area contributed by atoms with Gasteiger partial charge in [0.25, 0.3) is 0 Å². The van der Waals surface area contributed by atoms with Crippen LogP contribution in [0.5, 0.6) is 0 Å². The van der Waals surface area contributed by atoms with E-state index in [0.29, 0.717) is 5.92 Å². The second-order valence-electron chi connectivity index (χ2n) is 3.44. The Balaban J connectivity index is 3.31. The summed E-state index contributed by atoms with van der Waals surface area (Å²) in [5, 5.41) is 0. The molecular weight excluding hydrogens is 139 g/mol. The molecule has 0 heterocycles. The topological polar surface area (TPSA) is 0 Å². The zero-order chi connectivity index (χ0) is 8.69. The number of hydrogen-bond donors (Lipinski definition) is 0. The van der Waals surface area contributed by atoms with Crippen LogP contribution < -0.4 is 0 Å². The van der Waals surface area contributed by atoms with Crippen LogP contribution in [-0.2, 0) is 0 Å². The zero-order valence-corrected chi connectivity index (χ0v) is 7.86. The molecule has 0 aromatic heterocycles. The summed E-state index contributed by atoms with van der Waals surface area (Å²) in [5.41, 5.74) is 1.36. The molecule has 0 radical (unpaired) electrons. The summed E-state index contributed by atoms with van der Waals surface area (Å²) in [6.07, 6.45) is 5.16. The molecule has 0 spiro atoms. The summed E-state index contributed by atoms with van der Waals surface area (Å²) in [4.78, 5) is 0. The highest BCUT2D eigenvalue weighted by Crippen LogP contribution is 2.11. The van der Waals surface area contributed by atoms with Crippen molar-refractivity contribution in [3.05, 3.63) is 11.6 Å². The van der Waals surface area contributed by atoms with Crippen LogP contribution in [0.1, 0.15) is 40.0 Å². The van der Waals surface area contributed by atoms with Crippen LogP contribution in [0, 0.1) is 5.92 Å². The van der Waals surface area contributed by atoms with E-state index >= 15 is 0 Å². The summed E-state index contributed by atoms with van der Waals surface area (Å²) in [5.74, 6) is 0.538. The first kappa shape index (κ1) is 10.7. The first-order valence-electron chi connectivity index (χ1n) is 4.36. The Labute approximate surface area is 69.5 Å². The molecule has 1 unspecified atom stereocenters. The second-order valence-corrected chi connectivity index (χ2v) is 3.44. The van der Waals surface area contributed by atoms with Crippen LogP contribution in [0.2, 0.25) is 0 Å². The Morgan fingerprint density at radius 1 is 1.36 bits per heavy atom. The Bertz CT molecular complexity index is 112. The van der Waals surface area contributed by atoms with Crippen molar-refractivity contribution in [2.24, 2.45) is 5.92 Å². The predicted molar refractivity (Wildman–Crippen MR) is 48.4 cm³/mol. The largest absolute Gasteiger partial charge is 0.251 e. The zero-order valence-electron chi connectivity index (χ0n) is 7.86. The molecule has 0 rings (SSSR count). The molecule has 0 saturated heterocycles. The van der Waals surface area contributed by atoms with Gasteiger partial charge in [-0.15, -0.1) is 0 Å². The highest BCUT2D eigenvalue weighted by atomic mass is 19.1.